The molecule has 3 aromatic rings. The monoisotopic (exact) mass is 426 g/mol. The van der Waals surface area contributed by atoms with Crippen molar-refractivity contribution in [3.63, 3.8) is 0 Å². The van der Waals surface area contributed by atoms with Crippen LogP contribution in [0.3, 0.4) is 0 Å². The van der Waals surface area contributed by atoms with Crippen LogP contribution in [0, 0.1) is 0 Å². The zero-order valence-electron chi connectivity index (χ0n) is 14.9. The average Bonchev–Trinajstić information content (AvgIpc) is 2.98. The number of sulfonamides is 1. The van der Waals surface area contributed by atoms with Gasteiger partial charge in [0.25, 0.3) is 10.0 Å². The largest absolute Gasteiger partial charge is 0.425 e. The van der Waals surface area contributed by atoms with Crippen molar-refractivity contribution in [3.05, 3.63) is 90.0 Å². The fourth-order valence-electron chi connectivity index (χ4n) is 2.90. The van der Waals surface area contributed by atoms with E-state index in [1.54, 1.807) is 66.7 Å². The molecule has 0 spiro atoms. The molecule has 6 nitrogen and oxygen atoms in total. The van der Waals surface area contributed by atoms with Gasteiger partial charge in [-0.3, -0.25) is 0 Å². The number of anilines is 1. The topological polar surface area (TPSA) is 84.8 Å². The van der Waals surface area contributed by atoms with Gasteiger partial charge in [-0.15, -0.1) is 16.0 Å². The number of hydrogen-bond acceptors (Lipinski definition) is 5. The van der Waals surface area contributed by atoms with Gasteiger partial charge in [-0.05, 0) is 29.8 Å². The molecule has 1 aliphatic heterocycles. The molecule has 0 saturated heterocycles. The molecule has 29 heavy (non-hydrogen) atoms. The molecule has 0 fully saturated rings. The van der Waals surface area contributed by atoms with Crippen LogP contribution < -0.4 is 10.1 Å². The van der Waals surface area contributed by atoms with Crippen LogP contribution in [0.1, 0.15) is 16.5 Å². The summed E-state index contributed by atoms with van der Waals surface area (Å²) in [6, 6.07) is 22.0. The minimum absolute atomic E-state index is 0.151. The third-order valence-electron chi connectivity index (χ3n) is 4.25. The normalized spacial score (nSPS) is 15.1. The van der Waals surface area contributed by atoms with Crippen LogP contribution in [-0.4, -0.2) is 20.2 Å². The Hall–Kier alpha value is -3.16. The van der Waals surface area contributed by atoms with E-state index < -0.39 is 21.4 Å². The van der Waals surface area contributed by atoms with Crippen LogP contribution in [0.4, 0.5) is 5.69 Å². The molecule has 0 amide bonds. The predicted octanol–water partition coefficient (Wildman–Crippen LogP) is 4.13. The number of benzene rings is 3. The maximum Gasteiger partial charge on any atom is 0.334 e. The van der Waals surface area contributed by atoms with E-state index in [1.807, 2.05) is 6.07 Å². The Morgan fingerprint density at radius 3 is 2.48 bits per heavy atom. The van der Waals surface area contributed by atoms with Crippen LogP contribution in [0.15, 0.2) is 88.2 Å². The van der Waals surface area contributed by atoms with E-state index in [4.69, 9.17) is 16.3 Å². The molecule has 1 N–H and O–H groups in total. The summed E-state index contributed by atoms with van der Waals surface area (Å²) in [7, 11) is -3.72. The smallest absolute Gasteiger partial charge is 0.334 e. The summed E-state index contributed by atoms with van der Waals surface area (Å²) in [5.74, 6) is -0.124. The number of esters is 1. The number of fused-ring (bicyclic) bond motifs is 1. The van der Waals surface area contributed by atoms with E-state index in [9.17, 15) is 13.2 Å². The zero-order valence-corrected chi connectivity index (χ0v) is 16.5. The van der Waals surface area contributed by atoms with Crippen LogP contribution in [0.2, 0.25) is 0 Å². The van der Waals surface area contributed by atoms with Crippen molar-refractivity contribution in [2.45, 2.75) is 10.3 Å². The second-order valence-corrected chi connectivity index (χ2v) is 8.27. The summed E-state index contributed by atoms with van der Waals surface area (Å²) in [5.41, 5.74) is 1.64. The highest BCUT2D eigenvalue weighted by Gasteiger charge is 2.28. The van der Waals surface area contributed by atoms with Gasteiger partial charge >= 0.3 is 5.97 Å². The highest BCUT2D eigenvalue weighted by atomic mass is 35.5. The molecule has 0 aliphatic carbocycles. The van der Waals surface area contributed by atoms with Gasteiger partial charge < -0.3 is 10.1 Å². The number of carbonyl (C=O) groups excluding carboxylic acids is 1. The van der Waals surface area contributed by atoms with Crippen LogP contribution in [0.5, 0.6) is 5.75 Å². The molecule has 4 rings (SSSR count). The Morgan fingerprint density at radius 1 is 0.966 bits per heavy atom. The lowest BCUT2D eigenvalue weighted by molar-refractivity contribution is -0.134. The molecule has 0 saturated carbocycles. The predicted molar refractivity (Wildman–Crippen MR) is 111 cm³/mol. The molecule has 1 aliphatic rings. The third-order valence-corrected chi connectivity index (χ3v) is 6.01. The molecule has 1 atom stereocenters. The van der Waals surface area contributed by atoms with E-state index in [1.165, 1.54) is 6.07 Å². The number of rotatable bonds is 4. The van der Waals surface area contributed by atoms with Gasteiger partial charge in [0, 0.05) is 17.3 Å². The summed E-state index contributed by atoms with van der Waals surface area (Å²) in [5, 5.41) is 2.03. The maximum atomic E-state index is 12.3. The lowest BCUT2D eigenvalue weighted by Gasteiger charge is -2.11. The molecule has 1 heterocycles. The van der Waals surface area contributed by atoms with Gasteiger partial charge in [-0.25, -0.2) is 4.79 Å². The Balaban J connectivity index is 1.52. The number of carbonyl (C=O) groups is 1. The van der Waals surface area contributed by atoms with Crippen molar-refractivity contribution in [2.24, 2.45) is 4.40 Å². The second-order valence-electron chi connectivity index (χ2n) is 6.26. The standard InChI is InChI=1S/C21H15ClN2O4S/c22-19(14-7-2-1-3-8-14)21(25)28-16-10-6-9-15(13-16)23-20-17-11-4-5-12-18(17)29(26,27)24-20/h1-13,19H,(H,23,24). The molecular formula is C21H15ClN2O4S. The van der Waals surface area contributed by atoms with Gasteiger partial charge in [0.2, 0.25) is 0 Å². The molecule has 3 aromatic carbocycles. The van der Waals surface area contributed by atoms with E-state index >= 15 is 0 Å². The number of amidine groups is 1. The summed E-state index contributed by atoms with van der Waals surface area (Å²) >= 11 is 6.20. The van der Waals surface area contributed by atoms with Crippen molar-refractivity contribution in [1.29, 1.82) is 0 Å². The summed E-state index contributed by atoms with van der Waals surface area (Å²) in [6.07, 6.45) is 0. The zero-order chi connectivity index (χ0) is 20.4. The Bertz CT molecular complexity index is 1210. The Morgan fingerprint density at radius 2 is 1.69 bits per heavy atom. The van der Waals surface area contributed by atoms with Crippen LogP contribution >= 0.6 is 11.6 Å². The van der Waals surface area contributed by atoms with Gasteiger partial charge in [0.1, 0.15) is 10.6 Å². The van der Waals surface area contributed by atoms with Gasteiger partial charge in [0.05, 0.1) is 0 Å². The summed E-state index contributed by atoms with van der Waals surface area (Å²) in [6.45, 7) is 0. The van der Waals surface area contributed by atoms with E-state index in [2.05, 4.69) is 9.71 Å². The molecule has 146 valence electrons. The first-order valence-corrected chi connectivity index (χ1v) is 10.5. The first kappa shape index (κ1) is 19.2. The first-order valence-electron chi connectivity index (χ1n) is 8.66. The van der Waals surface area contributed by atoms with Crippen LogP contribution in [-0.2, 0) is 14.8 Å². The number of hydrogen-bond donors (Lipinski definition) is 1. The Kier molecular flexibility index (Phi) is 5.08. The molecule has 0 radical (unpaired) electrons. The van der Waals surface area contributed by atoms with E-state index in [0.29, 0.717) is 16.8 Å². The lowest BCUT2D eigenvalue weighted by Crippen LogP contribution is -2.15. The highest BCUT2D eigenvalue weighted by molar-refractivity contribution is 7.90. The van der Waals surface area contributed by atoms with Gasteiger partial charge in [-0.2, -0.15) is 8.42 Å². The molecule has 1 unspecified atom stereocenters. The quantitative estimate of drug-likeness (QED) is 0.385. The Labute approximate surface area is 172 Å². The average molecular weight is 427 g/mol. The fourth-order valence-corrected chi connectivity index (χ4v) is 4.26. The second kappa shape index (κ2) is 7.69. The number of ether oxygens (including phenoxy) is 1. The number of alkyl halides is 1. The SMILES string of the molecule is O=C(Oc1cccc(NC2=NS(=O)(=O)c3ccccc32)c1)C(Cl)c1ccccc1. The first-order chi connectivity index (χ1) is 13.9. The van der Waals surface area contributed by atoms with E-state index in [-0.39, 0.29) is 16.5 Å². The van der Waals surface area contributed by atoms with Gasteiger partial charge in [0.15, 0.2) is 11.2 Å². The van der Waals surface area contributed by atoms with Crippen molar-refractivity contribution >= 4 is 39.1 Å². The molecule has 0 aromatic heterocycles. The minimum atomic E-state index is -3.72. The maximum absolute atomic E-state index is 12.3. The lowest BCUT2D eigenvalue weighted by atomic mass is 10.1. The third kappa shape index (κ3) is 4.01. The van der Waals surface area contributed by atoms with Crippen molar-refractivity contribution < 1.29 is 17.9 Å². The minimum Gasteiger partial charge on any atom is -0.425 e. The van der Waals surface area contributed by atoms with Crippen LogP contribution in [0.25, 0.3) is 0 Å². The number of nitrogens with zero attached hydrogens (tertiary/aromatic N) is 1. The highest BCUT2D eigenvalue weighted by Crippen LogP contribution is 2.28. The number of halogens is 1. The van der Waals surface area contributed by atoms with Crippen molar-refractivity contribution in [3.8, 4) is 5.75 Å². The molecule has 0 bridgehead atoms. The summed E-state index contributed by atoms with van der Waals surface area (Å²) in [4.78, 5) is 12.5. The van der Waals surface area contributed by atoms with Crippen molar-refractivity contribution in [2.75, 3.05) is 5.32 Å². The van der Waals surface area contributed by atoms with Gasteiger partial charge in [-0.1, -0.05) is 48.5 Å². The van der Waals surface area contributed by atoms with Crippen molar-refractivity contribution in [1.82, 2.24) is 0 Å². The molecular weight excluding hydrogens is 412 g/mol. The fraction of sp³-hybridized carbons (Fsp3) is 0.0476. The number of nitrogens with one attached hydrogen (secondary N) is 1. The van der Waals surface area contributed by atoms with E-state index in [0.717, 1.165) is 0 Å². The molecule has 8 heteroatoms. The summed E-state index contributed by atoms with van der Waals surface area (Å²) < 4.78 is 33.5.